The summed E-state index contributed by atoms with van der Waals surface area (Å²) in [5.41, 5.74) is 3.20. The van der Waals surface area contributed by atoms with Crippen LogP contribution in [-0.4, -0.2) is 15.0 Å². The summed E-state index contributed by atoms with van der Waals surface area (Å²) in [6, 6.07) is 7.66. The van der Waals surface area contributed by atoms with E-state index in [0.717, 1.165) is 14.9 Å². The molecule has 20 heavy (non-hydrogen) atoms. The van der Waals surface area contributed by atoms with E-state index in [0.29, 0.717) is 21.7 Å². The fraction of sp³-hybridized carbons (Fsp3) is 0. The topological polar surface area (TPSA) is 38.7 Å². The fourth-order valence-electron chi connectivity index (χ4n) is 1.73. The quantitative estimate of drug-likeness (QED) is 0.558. The molecule has 3 nitrogen and oxygen atoms in total. The maximum atomic E-state index is 6.27. The maximum absolute atomic E-state index is 6.27. The van der Waals surface area contributed by atoms with E-state index in [-0.39, 0.29) is 0 Å². The van der Waals surface area contributed by atoms with Gasteiger partial charge in [0, 0.05) is 10.7 Å². The molecular formula is C13H6BrCl2N3S. The average Bonchev–Trinajstić information content (AvgIpc) is 2.91. The zero-order chi connectivity index (χ0) is 14.1. The Labute approximate surface area is 137 Å². The molecule has 0 atom stereocenters. The summed E-state index contributed by atoms with van der Waals surface area (Å²) in [4.78, 5) is 13.4. The number of hydrogen-bond acceptors (Lipinski definition) is 4. The Morgan fingerprint density at radius 3 is 2.45 bits per heavy atom. The fourth-order valence-corrected chi connectivity index (χ4v) is 3.29. The molecule has 2 heterocycles. The Morgan fingerprint density at radius 2 is 1.85 bits per heavy atom. The molecule has 0 bridgehead atoms. The molecule has 0 aliphatic rings. The van der Waals surface area contributed by atoms with Crippen LogP contribution in [-0.2, 0) is 0 Å². The molecule has 1 aromatic carbocycles. The predicted octanol–water partition coefficient (Wildman–Crippen LogP) is 5.34. The molecule has 0 aliphatic carbocycles. The Bertz CT molecular complexity index is 739. The van der Waals surface area contributed by atoms with Crippen molar-refractivity contribution in [1.82, 2.24) is 15.0 Å². The summed E-state index contributed by atoms with van der Waals surface area (Å²) in [6.45, 7) is 0. The van der Waals surface area contributed by atoms with Crippen LogP contribution in [0.3, 0.4) is 0 Å². The number of halogens is 3. The van der Waals surface area contributed by atoms with Crippen molar-refractivity contribution in [3.63, 3.8) is 0 Å². The van der Waals surface area contributed by atoms with Gasteiger partial charge in [0.05, 0.1) is 16.0 Å². The Hall–Kier alpha value is -1.01. The second-order valence-corrected chi connectivity index (χ2v) is 6.40. The zero-order valence-electron chi connectivity index (χ0n) is 9.85. The minimum Gasteiger partial charge on any atom is -0.252 e. The van der Waals surface area contributed by atoms with Crippen LogP contribution in [0.4, 0.5) is 0 Å². The van der Waals surface area contributed by atoms with E-state index < -0.39 is 0 Å². The van der Waals surface area contributed by atoms with E-state index in [4.69, 9.17) is 23.2 Å². The molecule has 3 rings (SSSR count). The maximum Gasteiger partial charge on any atom is 0.174 e. The third kappa shape index (κ3) is 2.72. The van der Waals surface area contributed by atoms with Crippen LogP contribution in [0.1, 0.15) is 0 Å². The number of nitrogens with zero attached hydrogens (tertiary/aromatic N) is 3. The van der Waals surface area contributed by atoms with Gasteiger partial charge in [-0.25, -0.2) is 9.97 Å². The van der Waals surface area contributed by atoms with Gasteiger partial charge in [-0.1, -0.05) is 51.3 Å². The van der Waals surface area contributed by atoms with Crippen LogP contribution in [0.2, 0.25) is 10.3 Å². The number of thiazole rings is 1. The van der Waals surface area contributed by atoms with Crippen molar-refractivity contribution >= 4 is 50.5 Å². The monoisotopic (exact) mass is 385 g/mol. The summed E-state index contributed by atoms with van der Waals surface area (Å²) in [7, 11) is 0. The van der Waals surface area contributed by atoms with Crippen molar-refractivity contribution in [3.8, 4) is 21.8 Å². The Balaban J connectivity index is 2.14. The molecule has 0 saturated carbocycles. The van der Waals surface area contributed by atoms with Crippen LogP contribution in [0.25, 0.3) is 21.8 Å². The first-order valence-electron chi connectivity index (χ1n) is 5.53. The van der Waals surface area contributed by atoms with Crippen molar-refractivity contribution in [3.05, 3.63) is 50.8 Å². The average molecular weight is 387 g/mol. The highest BCUT2D eigenvalue weighted by atomic mass is 79.9. The van der Waals surface area contributed by atoms with Gasteiger partial charge in [-0.3, -0.25) is 4.98 Å². The van der Waals surface area contributed by atoms with E-state index in [1.807, 2.05) is 24.3 Å². The van der Waals surface area contributed by atoms with Gasteiger partial charge < -0.3 is 0 Å². The largest absolute Gasteiger partial charge is 0.252 e. The lowest BCUT2D eigenvalue weighted by Gasteiger charge is -2.08. The van der Waals surface area contributed by atoms with Crippen LogP contribution in [0, 0.1) is 0 Å². The molecular weight excluding hydrogens is 381 g/mol. The van der Waals surface area contributed by atoms with Crippen molar-refractivity contribution in [2.24, 2.45) is 0 Å². The van der Waals surface area contributed by atoms with Crippen molar-refractivity contribution < 1.29 is 0 Å². The number of hydrogen-bond donors (Lipinski definition) is 0. The zero-order valence-corrected chi connectivity index (χ0v) is 13.8. The van der Waals surface area contributed by atoms with Crippen LogP contribution >= 0.6 is 50.5 Å². The lowest BCUT2D eigenvalue weighted by atomic mass is 10.1. The number of aromatic nitrogens is 3. The molecule has 0 unspecified atom stereocenters. The van der Waals surface area contributed by atoms with Gasteiger partial charge in [0.25, 0.3) is 0 Å². The SMILES string of the molecule is Clc1nc(-c2cncs2)nc(Cl)c1-c1cccc(Br)c1. The molecule has 0 radical (unpaired) electrons. The van der Waals surface area contributed by atoms with Gasteiger partial charge in [0.2, 0.25) is 0 Å². The summed E-state index contributed by atoms with van der Waals surface area (Å²) in [5, 5.41) is 0.651. The summed E-state index contributed by atoms with van der Waals surface area (Å²) in [6.07, 6.45) is 1.69. The molecule has 0 aliphatic heterocycles. The van der Waals surface area contributed by atoms with Gasteiger partial charge in [0.1, 0.15) is 10.3 Å². The van der Waals surface area contributed by atoms with Gasteiger partial charge in [0.15, 0.2) is 5.82 Å². The third-order valence-corrected chi connectivity index (χ3v) is 4.40. The highest BCUT2D eigenvalue weighted by Crippen LogP contribution is 2.35. The van der Waals surface area contributed by atoms with Gasteiger partial charge in [-0.2, -0.15) is 0 Å². The standard InChI is InChI=1S/C13H6BrCl2N3S/c14-8-3-1-2-7(4-8)10-11(15)18-13(19-12(10)16)9-5-17-6-20-9/h1-6H. The molecule has 3 aromatic rings. The summed E-state index contributed by atoms with van der Waals surface area (Å²) < 4.78 is 0.939. The van der Waals surface area contributed by atoms with Crippen molar-refractivity contribution in [2.45, 2.75) is 0 Å². The minimum atomic E-state index is 0.325. The minimum absolute atomic E-state index is 0.325. The van der Waals surface area contributed by atoms with Crippen LogP contribution in [0.15, 0.2) is 40.4 Å². The third-order valence-electron chi connectivity index (χ3n) is 2.59. The number of rotatable bonds is 2. The molecule has 0 spiro atoms. The van der Waals surface area contributed by atoms with E-state index in [1.165, 1.54) is 11.3 Å². The van der Waals surface area contributed by atoms with Gasteiger partial charge in [-0.05, 0) is 17.7 Å². The highest BCUT2D eigenvalue weighted by molar-refractivity contribution is 9.10. The van der Waals surface area contributed by atoms with Gasteiger partial charge >= 0.3 is 0 Å². The lowest BCUT2D eigenvalue weighted by molar-refractivity contribution is 1.18. The highest BCUT2D eigenvalue weighted by Gasteiger charge is 2.15. The summed E-state index contributed by atoms with van der Waals surface area (Å²) >= 11 is 17.4. The van der Waals surface area contributed by atoms with E-state index in [1.54, 1.807) is 11.7 Å². The lowest BCUT2D eigenvalue weighted by Crippen LogP contribution is -1.93. The molecule has 0 amide bonds. The molecule has 2 aromatic heterocycles. The van der Waals surface area contributed by atoms with Gasteiger partial charge in [-0.15, -0.1) is 11.3 Å². The normalized spacial score (nSPS) is 10.8. The summed E-state index contributed by atoms with van der Waals surface area (Å²) in [5.74, 6) is 0.487. The molecule has 100 valence electrons. The van der Waals surface area contributed by atoms with Crippen molar-refractivity contribution in [2.75, 3.05) is 0 Å². The van der Waals surface area contributed by atoms with E-state index >= 15 is 0 Å². The van der Waals surface area contributed by atoms with Crippen molar-refractivity contribution in [1.29, 1.82) is 0 Å². The Morgan fingerprint density at radius 1 is 1.10 bits per heavy atom. The Kier molecular flexibility index (Phi) is 4.03. The first-order valence-corrected chi connectivity index (χ1v) is 7.96. The predicted molar refractivity (Wildman–Crippen MR) is 86.3 cm³/mol. The van der Waals surface area contributed by atoms with Crippen LogP contribution < -0.4 is 0 Å². The molecule has 0 saturated heterocycles. The second-order valence-electron chi connectivity index (χ2n) is 3.88. The van der Waals surface area contributed by atoms with E-state index in [9.17, 15) is 0 Å². The molecule has 0 fully saturated rings. The van der Waals surface area contributed by atoms with E-state index in [2.05, 4.69) is 30.9 Å². The number of benzene rings is 1. The second kappa shape index (κ2) is 5.77. The first kappa shape index (κ1) is 13.9. The molecule has 0 N–H and O–H groups in total. The first-order chi connectivity index (χ1) is 9.65. The smallest absolute Gasteiger partial charge is 0.174 e. The van der Waals surface area contributed by atoms with Crippen LogP contribution in [0.5, 0.6) is 0 Å². The molecule has 7 heteroatoms.